The zero-order valence-corrected chi connectivity index (χ0v) is 14.0. The molecule has 0 radical (unpaired) electrons. The quantitative estimate of drug-likeness (QED) is 0.571. The van der Waals surface area contributed by atoms with Gasteiger partial charge in [-0.05, 0) is 37.7 Å². The van der Waals surface area contributed by atoms with Crippen molar-refractivity contribution in [3.05, 3.63) is 53.6 Å². The molecule has 2 aromatic carbocycles. The van der Waals surface area contributed by atoms with Crippen LogP contribution in [-0.2, 0) is 13.0 Å². The second-order valence-electron chi connectivity index (χ2n) is 6.48. The van der Waals surface area contributed by atoms with Crippen molar-refractivity contribution in [2.24, 2.45) is 0 Å². The number of hydrogen-bond donors (Lipinski definition) is 0. The van der Waals surface area contributed by atoms with Gasteiger partial charge in [0.15, 0.2) is 0 Å². The molecular formula is C20H22N2O. The van der Waals surface area contributed by atoms with E-state index >= 15 is 0 Å². The number of para-hydroxylation sites is 1. The zero-order valence-electron chi connectivity index (χ0n) is 14.0. The number of hydrogen-bond acceptors (Lipinski definition) is 2. The van der Waals surface area contributed by atoms with Gasteiger partial charge in [-0.15, -0.1) is 0 Å². The van der Waals surface area contributed by atoms with Crippen molar-refractivity contribution in [2.75, 3.05) is 27.7 Å². The van der Waals surface area contributed by atoms with Gasteiger partial charge >= 0.3 is 0 Å². The molecule has 3 nitrogen and oxygen atoms in total. The molecule has 1 aliphatic heterocycles. The van der Waals surface area contributed by atoms with E-state index in [4.69, 9.17) is 4.74 Å². The number of fused-ring (bicyclic) bond motifs is 5. The minimum absolute atomic E-state index is 0.935. The average Bonchev–Trinajstić information content (AvgIpc) is 3.07. The van der Waals surface area contributed by atoms with Crippen LogP contribution in [0.4, 0.5) is 0 Å². The van der Waals surface area contributed by atoms with Crippen LogP contribution >= 0.6 is 0 Å². The highest BCUT2D eigenvalue weighted by molar-refractivity contribution is 5.97. The average molecular weight is 306 g/mol. The van der Waals surface area contributed by atoms with Crippen molar-refractivity contribution in [2.45, 2.75) is 13.0 Å². The first-order chi connectivity index (χ1) is 11.2. The molecule has 3 heteroatoms. The third-order valence-electron chi connectivity index (χ3n) is 4.78. The lowest BCUT2D eigenvalue weighted by Crippen LogP contribution is -2.15. The van der Waals surface area contributed by atoms with E-state index in [1.54, 1.807) is 7.11 Å². The van der Waals surface area contributed by atoms with Crippen LogP contribution in [0.5, 0.6) is 5.75 Å². The van der Waals surface area contributed by atoms with Crippen LogP contribution in [-0.4, -0.2) is 37.2 Å². The number of likely N-dealkylation sites (N-methyl/N-ethyl adjacent to an activating group) is 1. The summed E-state index contributed by atoms with van der Waals surface area (Å²) >= 11 is 0. The lowest BCUT2D eigenvalue weighted by Gasteiger charge is -2.10. The molecule has 0 fully saturated rings. The number of nitrogens with zero attached hydrogens (tertiary/aromatic N) is 2. The van der Waals surface area contributed by atoms with E-state index in [0.717, 1.165) is 25.3 Å². The monoisotopic (exact) mass is 306 g/mol. The van der Waals surface area contributed by atoms with Crippen LogP contribution in [0.2, 0.25) is 0 Å². The van der Waals surface area contributed by atoms with Crippen molar-refractivity contribution >= 4 is 10.9 Å². The topological polar surface area (TPSA) is 17.4 Å². The van der Waals surface area contributed by atoms with Gasteiger partial charge in [0.05, 0.1) is 18.3 Å². The van der Waals surface area contributed by atoms with E-state index in [2.05, 4.69) is 66.0 Å². The Morgan fingerprint density at radius 3 is 2.70 bits per heavy atom. The molecule has 1 aliphatic rings. The molecule has 1 aromatic heterocycles. The normalized spacial score (nSPS) is 12.7. The summed E-state index contributed by atoms with van der Waals surface area (Å²) in [6, 6.07) is 15.1. The summed E-state index contributed by atoms with van der Waals surface area (Å²) in [7, 11) is 6.02. The van der Waals surface area contributed by atoms with Crippen molar-refractivity contribution in [1.82, 2.24) is 9.47 Å². The Labute approximate surface area is 137 Å². The van der Waals surface area contributed by atoms with Crippen LogP contribution in [0, 0.1) is 0 Å². The maximum absolute atomic E-state index is 5.66. The molecule has 0 saturated carbocycles. The number of rotatable bonds is 4. The minimum atomic E-state index is 0.935. The predicted octanol–water partition coefficient (Wildman–Crippen LogP) is 3.78. The first-order valence-corrected chi connectivity index (χ1v) is 8.11. The molecule has 0 N–H and O–H groups in total. The van der Waals surface area contributed by atoms with E-state index in [-0.39, 0.29) is 0 Å². The van der Waals surface area contributed by atoms with E-state index in [1.807, 2.05) is 0 Å². The predicted molar refractivity (Wildman–Crippen MR) is 95.3 cm³/mol. The highest BCUT2D eigenvalue weighted by atomic mass is 16.5. The lowest BCUT2D eigenvalue weighted by molar-refractivity contribution is 0.414. The molecular weight excluding hydrogens is 284 g/mol. The largest absolute Gasteiger partial charge is 0.495 e. The van der Waals surface area contributed by atoms with Crippen LogP contribution in [0.25, 0.3) is 22.2 Å². The Morgan fingerprint density at radius 2 is 1.91 bits per heavy atom. The fraction of sp³-hybridized carbons (Fsp3) is 0.300. The summed E-state index contributed by atoms with van der Waals surface area (Å²) in [6.45, 7) is 1.98. The Bertz CT molecular complexity index is 877. The first-order valence-electron chi connectivity index (χ1n) is 8.11. The van der Waals surface area contributed by atoms with Gasteiger partial charge in [-0.2, -0.15) is 0 Å². The highest BCUT2D eigenvalue weighted by Gasteiger charge is 2.27. The van der Waals surface area contributed by atoms with Gasteiger partial charge in [0.25, 0.3) is 0 Å². The van der Waals surface area contributed by atoms with Crippen LogP contribution in [0.1, 0.15) is 11.1 Å². The van der Waals surface area contributed by atoms with Gasteiger partial charge in [-0.3, -0.25) is 0 Å². The Kier molecular flexibility index (Phi) is 3.38. The summed E-state index contributed by atoms with van der Waals surface area (Å²) in [5, 5.41) is 1.33. The second-order valence-corrected chi connectivity index (χ2v) is 6.48. The fourth-order valence-electron chi connectivity index (χ4n) is 3.73. The van der Waals surface area contributed by atoms with Gasteiger partial charge < -0.3 is 14.2 Å². The van der Waals surface area contributed by atoms with Crippen LogP contribution in [0.15, 0.2) is 42.5 Å². The van der Waals surface area contributed by atoms with E-state index < -0.39 is 0 Å². The second kappa shape index (κ2) is 5.43. The van der Waals surface area contributed by atoms with Gasteiger partial charge in [0.2, 0.25) is 0 Å². The summed E-state index contributed by atoms with van der Waals surface area (Å²) < 4.78 is 8.09. The van der Waals surface area contributed by atoms with E-state index in [1.165, 1.54) is 33.3 Å². The molecule has 0 bridgehead atoms. The molecule has 0 aliphatic carbocycles. The number of ether oxygens (including phenoxy) is 1. The third kappa shape index (κ3) is 2.15. The summed E-state index contributed by atoms with van der Waals surface area (Å²) in [5.74, 6) is 0.965. The molecule has 4 rings (SSSR count). The Morgan fingerprint density at radius 1 is 1.09 bits per heavy atom. The number of aromatic nitrogens is 1. The van der Waals surface area contributed by atoms with Gasteiger partial charge in [0, 0.05) is 24.0 Å². The maximum atomic E-state index is 5.66. The van der Waals surface area contributed by atoms with Crippen molar-refractivity contribution in [3.63, 3.8) is 0 Å². The molecule has 0 unspecified atom stereocenters. The smallest absolute Gasteiger partial charge is 0.143 e. The molecule has 0 atom stereocenters. The molecule has 2 heterocycles. The number of methoxy groups -OCH3 is 1. The summed E-state index contributed by atoms with van der Waals surface area (Å²) in [6.07, 6.45) is 1.05. The molecule has 0 spiro atoms. The van der Waals surface area contributed by atoms with E-state index in [0.29, 0.717) is 0 Å². The zero-order chi connectivity index (χ0) is 16.0. The summed E-state index contributed by atoms with van der Waals surface area (Å²) in [4.78, 5) is 2.25. The van der Waals surface area contributed by atoms with Gasteiger partial charge in [0.1, 0.15) is 5.75 Å². The Hall–Kier alpha value is -2.26. The van der Waals surface area contributed by atoms with Crippen molar-refractivity contribution in [1.29, 1.82) is 0 Å². The van der Waals surface area contributed by atoms with Crippen LogP contribution in [0.3, 0.4) is 0 Å². The standard InChI is InChI=1S/C20H22N2O/c1-21(2)12-11-17-16-9-6-10-18(23-3)20(16)22-13-14-7-4-5-8-15(14)19(17)22/h4-10H,11-13H2,1-3H3. The first kappa shape index (κ1) is 14.3. The Balaban J connectivity index is 2.00. The minimum Gasteiger partial charge on any atom is -0.495 e. The van der Waals surface area contributed by atoms with Gasteiger partial charge in [-0.1, -0.05) is 36.4 Å². The van der Waals surface area contributed by atoms with Crippen LogP contribution < -0.4 is 4.74 Å². The highest BCUT2D eigenvalue weighted by Crippen LogP contribution is 2.43. The van der Waals surface area contributed by atoms with E-state index in [9.17, 15) is 0 Å². The SMILES string of the molecule is COc1cccc2c(CCN(C)C)c3n(c12)Cc1ccccc1-3. The molecule has 3 aromatic rings. The molecule has 23 heavy (non-hydrogen) atoms. The molecule has 0 amide bonds. The van der Waals surface area contributed by atoms with Crippen molar-refractivity contribution < 1.29 is 4.74 Å². The third-order valence-corrected chi connectivity index (χ3v) is 4.78. The number of benzene rings is 2. The van der Waals surface area contributed by atoms with Gasteiger partial charge in [-0.25, -0.2) is 0 Å². The lowest BCUT2D eigenvalue weighted by atomic mass is 10.00. The fourth-order valence-corrected chi connectivity index (χ4v) is 3.73. The van der Waals surface area contributed by atoms with Crippen molar-refractivity contribution in [3.8, 4) is 17.0 Å². The maximum Gasteiger partial charge on any atom is 0.143 e. The molecule has 118 valence electrons. The summed E-state index contributed by atoms with van der Waals surface area (Å²) in [5.41, 5.74) is 6.83. The molecule has 0 saturated heterocycles.